The highest BCUT2D eigenvalue weighted by molar-refractivity contribution is 6.33. The summed E-state index contributed by atoms with van der Waals surface area (Å²) in [5.41, 5.74) is 0.361. The summed E-state index contributed by atoms with van der Waals surface area (Å²) in [7, 11) is 0. The molecule has 0 unspecified atom stereocenters. The highest BCUT2D eigenvalue weighted by atomic mass is 35.5. The molecule has 0 radical (unpaired) electrons. The van der Waals surface area contributed by atoms with Crippen LogP contribution in [-0.4, -0.2) is 25.9 Å². The minimum absolute atomic E-state index is 0.272. The first-order valence-corrected chi connectivity index (χ1v) is 4.09. The summed E-state index contributed by atoms with van der Waals surface area (Å²) in [6.07, 6.45) is 2.70. The van der Waals surface area contributed by atoms with Crippen molar-refractivity contribution >= 4 is 28.6 Å². The monoisotopic (exact) mass is 212 g/mol. The van der Waals surface area contributed by atoms with Gasteiger partial charge in [-0.1, -0.05) is 16.4 Å². The summed E-state index contributed by atoms with van der Waals surface area (Å²) in [6, 6.07) is 0. The van der Waals surface area contributed by atoms with E-state index in [0.717, 1.165) is 4.85 Å². The van der Waals surface area contributed by atoms with Gasteiger partial charge in [-0.2, -0.15) is 0 Å². The van der Waals surface area contributed by atoms with Crippen molar-refractivity contribution in [3.05, 3.63) is 17.7 Å². The zero-order chi connectivity index (χ0) is 10.1. The lowest BCUT2D eigenvalue weighted by atomic mass is 10.4. The quantitative estimate of drug-likeness (QED) is 0.642. The van der Waals surface area contributed by atoms with Crippen molar-refractivity contribution in [1.82, 2.24) is 19.9 Å². The fourth-order valence-corrected chi connectivity index (χ4v) is 1.16. The van der Waals surface area contributed by atoms with Crippen molar-refractivity contribution in [2.75, 3.05) is 0 Å². The second-order valence-electron chi connectivity index (χ2n) is 2.50. The van der Waals surface area contributed by atoms with Gasteiger partial charge in [-0.3, -0.25) is 0 Å². The third-order valence-electron chi connectivity index (χ3n) is 1.50. The summed E-state index contributed by atoms with van der Waals surface area (Å²) in [5.74, 6) is -0.482. The Morgan fingerprint density at radius 1 is 1.57 bits per heavy atom. The molecule has 14 heavy (non-hydrogen) atoms. The van der Waals surface area contributed by atoms with Gasteiger partial charge in [-0.15, -0.1) is 5.10 Å². The molecular formula is C7H5ClN4O2. The van der Waals surface area contributed by atoms with Crippen LogP contribution < -0.4 is 4.84 Å². The summed E-state index contributed by atoms with van der Waals surface area (Å²) >= 11 is 5.76. The van der Waals surface area contributed by atoms with E-state index in [2.05, 4.69) is 15.1 Å². The Balaban J connectivity index is 2.58. The molecule has 0 N–H and O–H groups in total. The Morgan fingerprint density at radius 2 is 2.36 bits per heavy atom. The number of fused-ring (bicyclic) bond motifs is 1. The smallest absolute Gasteiger partial charge is 0.318 e. The number of hydrogen-bond donors (Lipinski definition) is 0. The maximum Gasteiger partial charge on any atom is 0.332 e. The van der Waals surface area contributed by atoms with Gasteiger partial charge in [0.1, 0.15) is 11.5 Å². The number of carbonyl (C=O) groups excluding carboxylic acids is 1. The lowest BCUT2D eigenvalue weighted by molar-refractivity contribution is -0.142. The van der Waals surface area contributed by atoms with Crippen molar-refractivity contribution < 1.29 is 9.63 Å². The predicted octanol–water partition coefficient (Wildman–Crippen LogP) is 0.455. The predicted molar refractivity (Wildman–Crippen MR) is 47.6 cm³/mol. The highest BCUT2D eigenvalue weighted by Crippen LogP contribution is 2.17. The van der Waals surface area contributed by atoms with E-state index in [0.29, 0.717) is 11.0 Å². The Labute approximate surface area is 83.4 Å². The van der Waals surface area contributed by atoms with E-state index in [1.165, 1.54) is 19.4 Å². The molecule has 7 heteroatoms. The molecule has 0 spiro atoms. The molecule has 0 aliphatic heterocycles. The first kappa shape index (κ1) is 8.89. The van der Waals surface area contributed by atoms with Crippen LogP contribution in [0.25, 0.3) is 11.0 Å². The molecule has 0 aliphatic rings. The van der Waals surface area contributed by atoms with Gasteiger partial charge in [0, 0.05) is 6.92 Å². The van der Waals surface area contributed by atoms with Gasteiger partial charge in [-0.05, 0) is 0 Å². The van der Waals surface area contributed by atoms with Crippen LogP contribution in [0.3, 0.4) is 0 Å². The van der Waals surface area contributed by atoms with Crippen molar-refractivity contribution in [1.29, 1.82) is 0 Å². The van der Waals surface area contributed by atoms with Crippen LogP contribution in [0.4, 0.5) is 0 Å². The molecule has 0 bridgehead atoms. The first-order chi connectivity index (χ1) is 6.68. The maximum atomic E-state index is 10.7. The molecule has 0 amide bonds. The third kappa shape index (κ3) is 1.39. The van der Waals surface area contributed by atoms with Gasteiger partial charge in [-0.25, -0.2) is 14.8 Å². The van der Waals surface area contributed by atoms with Crippen molar-refractivity contribution in [2.45, 2.75) is 6.92 Å². The van der Waals surface area contributed by atoms with Crippen molar-refractivity contribution in [3.8, 4) is 0 Å². The molecule has 2 heterocycles. The van der Waals surface area contributed by atoms with E-state index < -0.39 is 5.97 Å². The van der Waals surface area contributed by atoms with E-state index in [9.17, 15) is 4.79 Å². The third-order valence-corrected chi connectivity index (χ3v) is 1.80. The summed E-state index contributed by atoms with van der Waals surface area (Å²) in [5, 5.41) is 4.59. The van der Waals surface area contributed by atoms with Crippen LogP contribution in [0.1, 0.15) is 6.92 Å². The second kappa shape index (κ2) is 3.22. The molecule has 0 aromatic carbocycles. The van der Waals surface area contributed by atoms with E-state index in [1.54, 1.807) is 0 Å². The molecule has 0 saturated carbocycles. The number of hydrogen-bond acceptors (Lipinski definition) is 5. The molecule has 0 aliphatic carbocycles. The number of aromatic nitrogens is 4. The van der Waals surface area contributed by atoms with E-state index in [1.807, 2.05) is 0 Å². The van der Waals surface area contributed by atoms with E-state index in [-0.39, 0.29) is 5.15 Å². The molecule has 0 saturated heterocycles. The molecule has 0 atom stereocenters. The topological polar surface area (TPSA) is 69.9 Å². The van der Waals surface area contributed by atoms with Crippen LogP contribution in [0.2, 0.25) is 5.15 Å². The van der Waals surface area contributed by atoms with Crippen LogP contribution >= 0.6 is 11.6 Å². The summed E-state index contributed by atoms with van der Waals surface area (Å²) < 4.78 is 0. The van der Waals surface area contributed by atoms with Gasteiger partial charge >= 0.3 is 5.97 Å². The van der Waals surface area contributed by atoms with E-state index >= 15 is 0 Å². The highest BCUT2D eigenvalue weighted by Gasteiger charge is 2.09. The molecular weight excluding hydrogens is 208 g/mol. The van der Waals surface area contributed by atoms with Crippen molar-refractivity contribution in [3.63, 3.8) is 0 Å². The Bertz CT molecular complexity index is 495. The van der Waals surface area contributed by atoms with Crippen LogP contribution in [0.5, 0.6) is 0 Å². The fourth-order valence-electron chi connectivity index (χ4n) is 0.982. The summed E-state index contributed by atoms with van der Waals surface area (Å²) in [4.78, 5) is 24.1. The fraction of sp³-hybridized carbons (Fsp3) is 0.143. The van der Waals surface area contributed by atoms with Gasteiger partial charge in [0.15, 0.2) is 0 Å². The Morgan fingerprint density at radius 3 is 3.07 bits per heavy atom. The second-order valence-corrected chi connectivity index (χ2v) is 2.86. The largest absolute Gasteiger partial charge is 0.332 e. The standard InChI is InChI=1S/C7H5ClN4O2/c1-4(13)14-12-7-5(2-11-12)6(8)9-3-10-7/h2-3H,1H3. The molecule has 0 fully saturated rings. The van der Waals surface area contributed by atoms with Gasteiger partial charge < -0.3 is 4.84 Å². The molecule has 2 rings (SSSR count). The zero-order valence-corrected chi connectivity index (χ0v) is 7.89. The van der Waals surface area contributed by atoms with Crippen LogP contribution in [0.15, 0.2) is 12.5 Å². The van der Waals surface area contributed by atoms with Gasteiger partial charge in [0.2, 0.25) is 5.65 Å². The minimum Gasteiger partial charge on any atom is -0.318 e. The molecule has 6 nitrogen and oxygen atoms in total. The number of rotatable bonds is 1. The lowest BCUT2D eigenvalue weighted by Crippen LogP contribution is -2.17. The molecule has 2 aromatic rings. The minimum atomic E-state index is -0.482. The Kier molecular flexibility index (Phi) is 2.05. The number of nitrogens with zero attached hydrogens (tertiary/aromatic N) is 4. The Hall–Kier alpha value is -1.69. The summed E-state index contributed by atoms with van der Waals surface area (Å²) in [6.45, 7) is 1.27. The number of carbonyl (C=O) groups is 1. The average Bonchev–Trinajstić information content (AvgIpc) is 2.49. The zero-order valence-electron chi connectivity index (χ0n) is 7.14. The SMILES string of the molecule is CC(=O)On1ncc2c(Cl)ncnc21. The van der Waals surface area contributed by atoms with E-state index in [4.69, 9.17) is 16.4 Å². The first-order valence-electron chi connectivity index (χ1n) is 3.71. The van der Waals surface area contributed by atoms with Crippen LogP contribution in [-0.2, 0) is 4.79 Å². The normalized spacial score (nSPS) is 10.4. The molecule has 2 aromatic heterocycles. The van der Waals surface area contributed by atoms with Gasteiger partial charge in [0.25, 0.3) is 0 Å². The van der Waals surface area contributed by atoms with Gasteiger partial charge in [0.05, 0.1) is 11.6 Å². The van der Waals surface area contributed by atoms with Crippen molar-refractivity contribution in [2.24, 2.45) is 0 Å². The number of halogens is 1. The van der Waals surface area contributed by atoms with Crippen LogP contribution in [0, 0.1) is 0 Å². The molecule has 72 valence electrons. The average molecular weight is 213 g/mol. The maximum absolute atomic E-state index is 10.7. The lowest BCUT2D eigenvalue weighted by Gasteiger charge is -1.99.